The summed E-state index contributed by atoms with van der Waals surface area (Å²) in [6, 6.07) is 8.98. The molecule has 10 heteroatoms. The Morgan fingerprint density at radius 3 is 2.24 bits per heavy atom. The Morgan fingerprint density at radius 2 is 1.65 bits per heavy atom. The van der Waals surface area contributed by atoms with Gasteiger partial charge in [-0.3, -0.25) is 14.3 Å². The first-order valence-electron chi connectivity index (χ1n) is 11.8. The summed E-state index contributed by atoms with van der Waals surface area (Å²) in [5, 5.41) is 0. The molecular formula is C24H40N3O5PS. The molecule has 34 heavy (non-hydrogen) atoms. The Balaban J connectivity index is 0.00000578. The Labute approximate surface area is 207 Å². The minimum atomic E-state index is -4.54. The lowest BCUT2D eigenvalue weighted by molar-refractivity contribution is -0.132. The van der Waals surface area contributed by atoms with E-state index < -0.39 is 7.82 Å². The van der Waals surface area contributed by atoms with Crippen molar-refractivity contribution in [1.29, 1.82) is 0 Å². The van der Waals surface area contributed by atoms with Crippen LogP contribution in [0, 0.1) is 0 Å². The minimum Gasteiger partial charge on any atom is -0.344 e. The molecule has 1 heterocycles. The number of carbonyl (C=O) groups is 1. The fourth-order valence-corrected chi connectivity index (χ4v) is 4.63. The smallest absolute Gasteiger partial charge is 0.344 e. The summed E-state index contributed by atoms with van der Waals surface area (Å²) >= 11 is 1.45. The van der Waals surface area contributed by atoms with E-state index in [0.29, 0.717) is 13.0 Å². The Morgan fingerprint density at radius 1 is 1.03 bits per heavy atom. The van der Waals surface area contributed by atoms with Gasteiger partial charge >= 0.3 is 7.82 Å². The van der Waals surface area contributed by atoms with E-state index in [0.717, 1.165) is 37.0 Å². The van der Waals surface area contributed by atoms with Crippen LogP contribution in [0.1, 0.15) is 74.3 Å². The van der Waals surface area contributed by atoms with Crippen LogP contribution >= 0.6 is 19.2 Å². The van der Waals surface area contributed by atoms with Crippen molar-refractivity contribution in [2.24, 2.45) is 0 Å². The largest absolute Gasteiger partial charge is 0.469 e. The molecule has 0 saturated heterocycles. The zero-order chi connectivity index (χ0) is 23.9. The van der Waals surface area contributed by atoms with E-state index in [4.69, 9.17) is 9.79 Å². The van der Waals surface area contributed by atoms with Gasteiger partial charge in [-0.2, -0.15) is 0 Å². The van der Waals surface area contributed by atoms with Crippen LogP contribution < -0.4 is 6.15 Å². The summed E-state index contributed by atoms with van der Waals surface area (Å²) in [5.74, 6) is -0.0239. The van der Waals surface area contributed by atoms with Crippen LogP contribution in [0.15, 0.2) is 36.0 Å². The van der Waals surface area contributed by atoms with Crippen LogP contribution in [-0.2, 0) is 33.3 Å². The molecule has 0 radical (unpaired) electrons. The summed E-state index contributed by atoms with van der Waals surface area (Å²) in [4.78, 5) is 36.9. The van der Waals surface area contributed by atoms with E-state index in [-0.39, 0.29) is 25.2 Å². The van der Waals surface area contributed by atoms with Gasteiger partial charge < -0.3 is 20.8 Å². The van der Waals surface area contributed by atoms with Gasteiger partial charge in [-0.15, -0.1) is 11.3 Å². The van der Waals surface area contributed by atoms with Crippen molar-refractivity contribution in [1.82, 2.24) is 16.0 Å². The highest BCUT2D eigenvalue weighted by atomic mass is 32.1. The van der Waals surface area contributed by atoms with E-state index in [2.05, 4.69) is 40.7 Å². The van der Waals surface area contributed by atoms with Crippen molar-refractivity contribution in [2.45, 2.75) is 77.7 Å². The number of phosphoric ester groups is 1. The summed E-state index contributed by atoms with van der Waals surface area (Å²) in [5.41, 5.74) is 4.52. The molecule has 0 aliphatic rings. The Kier molecular flexibility index (Phi) is 15.1. The standard InChI is InChI=1S/C24H37N2O5PS.H3N/c1-2-9-21-12-14-22(15-13-21)10-7-5-3-4-6-8-11-24(27)26(16-17-31-32(28,29)30)19-23-18-25-20-33-23;/h12-15,18,20H,2-11,16-17,19H2,1H3,(H2,28,29,30);1H3. The molecule has 0 unspecified atom stereocenters. The van der Waals surface area contributed by atoms with Crippen molar-refractivity contribution >= 4 is 25.1 Å². The molecule has 1 aromatic carbocycles. The quantitative estimate of drug-likeness (QED) is 0.183. The third kappa shape index (κ3) is 13.3. The van der Waals surface area contributed by atoms with Crippen molar-refractivity contribution in [3.05, 3.63) is 52.0 Å². The summed E-state index contributed by atoms with van der Waals surface area (Å²) in [7, 11) is -4.54. The number of carbonyl (C=O) groups excluding carboxylic acids is 1. The summed E-state index contributed by atoms with van der Waals surface area (Å²) < 4.78 is 15.4. The molecule has 2 aromatic rings. The highest BCUT2D eigenvalue weighted by Gasteiger charge is 2.18. The maximum atomic E-state index is 12.6. The monoisotopic (exact) mass is 513 g/mol. The SMILES string of the molecule is CCCc1ccc(CCCCCCCCC(=O)N(CCOP(=O)(O)O)Cc2cncs2)cc1.N. The van der Waals surface area contributed by atoms with Gasteiger partial charge in [-0.1, -0.05) is 63.3 Å². The average molecular weight is 514 g/mol. The van der Waals surface area contributed by atoms with Gasteiger partial charge in [0.25, 0.3) is 0 Å². The van der Waals surface area contributed by atoms with Crippen molar-refractivity contribution in [2.75, 3.05) is 13.2 Å². The van der Waals surface area contributed by atoms with E-state index >= 15 is 0 Å². The molecule has 1 amide bonds. The van der Waals surface area contributed by atoms with Crippen molar-refractivity contribution in [3.63, 3.8) is 0 Å². The molecule has 0 saturated carbocycles. The maximum Gasteiger partial charge on any atom is 0.469 e. The first kappa shape index (κ1) is 30.4. The number of nitrogens with zero attached hydrogens (tertiary/aromatic N) is 2. The Hall–Kier alpha value is -1.61. The zero-order valence-corrected chi connectivity index (χ0v) is 21.9. The van der Waals surface area contributed by atoms with Crippen LogP contribution in [-0.4, -0.2) is 38.7 Å². The van der Waals surface area contributed by atoms with Crippen molar-refractivity contribution in [3.8, 4) is 0 Å². The number of aromatic nitrogens is 1. The lowest BCUT2D eigenvalue weighted by Crippen LogP contribution is -2.33. The third-order valence-corrected chi connectivity index (χ3v) is 6.75. The number of benzene rings is 1. The lowest BCUT2D eigenvalue weighted by Gasteiger charge is -2.22. The molecule has 2 rings (SSSR count). The average Bonchev–Trinajstić information content (AvgIpc) is 3.28. The molecule has 5 N–H and O–H groups in total. The molecule has 8 nitrogen and oxygen atoms in total. The predicted octanol–water partition coefficient (Wildman–Crippen LogP) is 5.67. The molecule has 192 valence electrons. The second-order valence-electron chi connectivity index (χ2n) is 8.29. The first-order valence-corrected chi connectivity index (χ1v) is 14.2. The van der Waals surface area contributed by atoms with Gasteiger partial charge in [0, 0.05) is 24.0 Å². The van der Waals surface area contributed by atoms with Gasteiger partial charge in [0.15, 0.2) is 0 Å². The number of amides is 1. The van der Waals surface area contributed by atoms with Gasteiger partial charge in [0.1, 0.15) is 0 Å². The normalized spacial score (nSPS) is 11.3. The molecule has 0 bridgehead atoms. The van der Waals surface area contributed by atoms with Crippen LogP contribution in [0.25, 0.3) is 0 Å². The molecule has 0 spiro atoms. The van der Waals surface area contributed by atoms with Crippen LogP contribution in [0.5, 0.6) is 0 Å². The predicted molar refractivity (Wildman–Crippen MR) is 137 cm³/mol. The number of hydrogen-bond acceptors (Lipinski definition) is 6. The Bertz CT molecular complexity index is 843. The first-order chi connectivity index (χ1) is 15.9. The zero-order valence-electron chi connectivity index (χ0n) is 20.2. The fourth-order valence-electron chi connectivity index (χ4n) is 3.70. The molecule has 0 atom stereocenters. The number of thiazole rings is 1. The topological polar surface area (TPSA) is 135 Å². The van der Waals surface area contributed by atoms with Gasteiger partial charge in [0.05, 0.1) is 18.7 Å². The van der Waals surface area contributed by atoms with Gasteiger partial charge in [-0.25, -0.2) is 4.57 Å². The highest BCUT2D eigenvalue weighted by molar-refractivity contribution is 7.46. The maximum absolute atomic E-state index is 12.6. The number of hydrogen-bond donors (Lipinski definition) is 3. The number of phosphoric acid groups is 1. The molecular weight excluding hydrogens is 473 g/mol. The number of unbranched alkanes of at least 4 members (excludes halogenated alkanes) is 5. The van der Waals surface area contributed by atoms with Gasteiger partial charge in [0.2, 0.25) is 5.91 Å². The van der Waals surface area contributed by atoms with E-state index in [1.807, 2.05) is 0 Å². The van der Waals surface area contributed by atoms with E-state index in [9.17, 15) is 9.36 Å². The fraction of sp³-hybridized carbons (Fsp3) is 0.583. The van der Waals surface area contributed by atoms with E-state index in [1.165, 1.54) is 48.1 Å². The molecule has 0 fully saturated rings. The van der Waals surface area contributed by atoms with Crippen LogP contribution in [0.4, 0.5) is 0 Å². The number of rotatable bonds is 17. The molecule has 0 aliphatic carbocycles. The third-order valence-electron chi connectivity index (χ3n) is 5.47. The molecule has 1 aromatic heterocycles. The van der Waals surface area contributed by atoms with Crippen LogP contribution in [0.2, 0.25) is 0 Å². The second-order valence-corrected chi connectivity index (χ2v) is 10.5. The number of aryl methyl sites for hydroxylation is 2. The lowest BCUT2D eigenvalue weighted by atomic mass is 10.0. The summed E-state index contributed by atoms with van der Waals surface area (Å²) in [6.45, 7) is 2.53. The molecule has 0 aliphatic heterocycles. The highest BCUT2D eigenvalue weighted by Crippen LogP contribution is 2.35. The van der Waals surface area contributed by atoms with Crippen LogP contribution in [0.3, 0.4) is 0 Å². The summed E-state index contributed by atoms with van der Waals surface area (Å²) in [6.07, 6.45) is 12.1. The van der Waals surface area contributed by atoms with Gasteiger partial charge in [-0.05, 0) is 36.8 Å². The minimum absolute atomic E-state index is 0. The van der Waals surface area contributed by atoms with Crippen molar-refractivity contribution < 1.29 is 23.7 Å². The second kappa shape index (κ2) is 16.9. The van der Waals surface area contributed by atoms with E-state index in [1.54, 1.807) is 16.6 Å².